The molecule has 8 heteroatoms. The van der Waals surface area contributed by atoms with E-state index in [1.807, 2.05) is 0 Å². The Kier molecular flexibility index (Phi) is 4.75. The number of nitrogens with one attached hydrogen (secondary N) is 2. The average Bonchev–Trinajstić information content (AvgIpc) is 2.92. The Morgan fingerprint density at radius 1 is 1.22 bits per heavy atom. The minimum Gasteiger partial charge on any atom is -0.378 e. The number of benzene rings is 1. The monoisotopic (exact) mass is 379 g/mol. The number of carbonyl (C=O) groups excluding carboxylic acids is 2. The largest absolute Gasteiger partial charge is 0.418 e. The van der Waals surface area contributed by atoms with Gasteiger partial charge in [0.05, 0.1) is 11.3 Å². The second-order valence-electron chi connectivity index (χ2n) is 6.83. The third-order valence-electron chi connectivity index (χ3n) is 4.74. The maximum Gasteiger partial charge on any atom is 0.418 e. The van der Waals surface area contributed by atoms with Gasteiger partial charge in [-0.15, -0.1) is 0 Å². The number of aromatic amines is 1. The van der Waals surface area contributed by atoms with Crippen molar-refractivity contribution in [3.05, 3.63) is 46.3 Å². The summed E-state index contributed by atoms with van der Waals surface area (Å²) in [6, 6.07) is 3.73. The molecule has 2 N–H and O–H groups in total. The number of aryl methyl sites for hydroxylation is 1. The maximum atomic E-state index is 13.4. The molecule has 0 spiro atoms. The van der Waals surface area contributed by atoms with Crippen LogP contribution in [0.2, 0.25) is 0 Å². The van der Waals surface area contributed by atoms with Crippen LogP contribution in [0.5, 0.6) is 0 Å². The van der Waals surface area contributed by atoms with E-state index in [-0.39, 0.29) is 17.2 Å². The summed E-state index contributed by atoms with van der Waals surface area (Å²) in [5.41, 5.74) is 0.893. The predicted molar refractivity (Wildman–Crippen MR) is 96.5 cm³/mol. The molecule has 0 unspecified atom stereocenters. The fourth-order valence-electron chi connectivity index (χ4n) is 3.34. The molecule has 0 fully saturated rings. The minimum absolute atomic E-state index is 0.0460. The number of aromatic nitrogens is 1. The Morgan fingerprint density at radius 2 is 1.93 bits per heavy atom. The van der Waals surface area contributed by atoms with E-state index in [2.05, 4.69) is 10.3 Å². The first kappa shape index (κ1) is 19.0. The molecule has 1 aromatic carbocycles. The summed E-state index contributed by atoms with van der Waals surface area (Å²) in [5, 5.41) is 2.34. The van der Waals surface area contributed by atoms with E-state index < -0.39 is 17.6 Å². The number of alkyl halides is 3. The SMILES string of the molecule is Cc1c(C(=O)Nc2ccc(N(C)C)cc2C(F)(F)F)[nH]c2c1C(=O)CCC2. The third kappa shape index (κ3) is 3.56. The van der Waals surface area contributed by atoms with Gasteiger partial charge in [0.2, 0.25) is 0 Å². The van der Waals surface area contributed by atoms with Gasteiger partial charge in [-0.05, 0) is 43.5 Å². The number of ketones is 1. The lowest BCUT2D eigenvalue weighted by atomic mass is 9.94. The number of halogens is 3. The van der Waals surface area contributed by atoms with Gasteiger partial charge in [-0.25, -0.2) is 0 Å². The Morgan fingerprint density at radius 3 is 2.52 bits per heavy atom. The van der Waals surface area contributed by atoms with Crippen LogP contribution in [-0.2, 0) is 12.6 Å². The second kappa shape index (κ2) is 6.75. The molecule has 1 aliphatic carbocycles. The molecule has 5 nitrogen and oxygen atoms in total. The van der Waals surface area contributed by atoms with Crippen molar-refractivity contribution < 1.29 is 22.8 Å². The maximum absolute atomic E-state index is 13.4. The van der Waals surface area contributed by atoms with Crippen LogP contribution in [0, 0.1) is 6.92 Å². The van der Waals surface area contributed by atoms with Crippen LogP contribution in [0.15, 0.2) is 18.2 Å². The van der Waals surface area contributed by atoms with Gasteiger partial charge < -0.3 is 15.2 Å². The molecule has 27 heavy (non-hydrogen) atoms. The van der Waals surface area contributed by atoms with Crippen molar-refractivity contribution in [2.45, 2.75) is 32.4 Å². The summed E-state index contributed by atoms with van der Waals surface area (Å²) in [5.74, 6) is -0.742. The van der Waals surface area contributed by atoms with E-state index >= 15 is 0 Å². The second-order valence-corrected chi connectivity index (χ2v) is 6.83. The molecule has 3 rings (SSSR count). The Balaban J connectivity index is 1.96. The van der Waals surface area contributed by atoms with Gasteiger partial charge in [-0.2, -0.15) is 13.2 Å². The number of carbonyl (C=O) groups is 2. The van der Waals surface area contributed by atoms with Crippen LogP contribution in [0.4, 0.5) is 24.5 Å². The van der Waals surface area contributed by atoms with Crippen LogP contribution in [0.3, 0.4) is 0 Å². The van der Waals surface area contributed by atoms with Crippen LogP contribution in [0.1, 0.15) is 50.5 Å². The van der Waals surface area contributed by atoms with E-state index in [4.69, 9.17) is 0 Å². The summed E-state index contributed by atoms with van der Waals surface area (Å²) < 4.78 is 40.3. The number of fused-ring (bicyclic) bond motifs is 1. The van der Waals surface area contributed by atoms with Gasteiger partial charge in [0.25, 0.3) is 5.91 Å². The Hall–Kier alpha value is -2.77. The molecule has 1 heterocycles. The highest BCUT2D eigenvalue weighted by atomic mass is 19.4. The van der Waals surface area contributed by atoms with Crippen molar-refractivity contribution in [2.24, 2.45) is 0 Å². The van der Waals surface area contributed by atoms with Crippen molar-refractivity contribution in [2.75, 3.05) is 24.3 Å². The van der Waals surface area contributed by atoms with Crippen molar-refractivity contribution in [3.63, 3.8) is 0 Å². The molecular weight excluding hydrogens is 359 g/mol. The molecule has 2 aromatic rings. The normalized spacial score (nSPS) is 14.1. The van der Waals surface area contributed by atoms with Crippen LogP contribution in [-0.4, -0.2) is 30.8 Å². The smallest absolute Gasteiger partial charge is 0.378 e. The number of Topliss-reactive ketones (excluding diaryl/α,β-unsaturated/α-hetero) is 1. The van der Waals surface area contributed by atoms with Crippen LogP contribution < -0.4 is 10.2 Å². The van der Waals surface area contributed by atoms with Crippen molar-refractivity contribution >= 4 is 23.1 Å². The van der Waals surface area contributed by atoms with E-state index in [1.54, 1.807) is 25.9 Å². The van der Waals surface area contributed by atoms with Gasteiger partial charge in [-0.1, -0.05) is 0 Å². The van der Waals surface area contributed by atoms with E-state index in [0.29, 0.717) is 41.8 Å². The highest BCUT2D eigenvalue weighted by Crippen LogP contribution is 2.37. The number of H-pyrrole nitrogens is 1. The molecule has 1 amide bonds. The summed E-state index contributed by atoms with van der Waals surface area (Å²) >= 11 is 0. The Labute approximate surface area is 154 Å². The summed E-state index contributed by atoms with van der Waals surface area (Å²) in [6.45, 7) is 1.63. The first-order valence-electron chi connectivity index (χ1n) is 8.54. The lowest BCUT2D eigenvalue weighted by molar-refractivity contribution is -0.136. The topological polar surface area (TPSA) is 65.2 Å². The fraction of sp³-hybridized carbons (Fsp3) is 0.368. The quantitative estimate of drug-likeness (QED) is 0.841. The minimum atomic E-state index is -4.62. The molecular formula is C19H20F3N3O2. The van der Waals surface area contributed by atoms with Gasteiger partial charge in [0.15, 0.2) is 5.78 Å². The van der Waals surface area contributed by atoms with Gasteiger partial charge in [0.1, 0.15) is 5.69 Å². The molecule has 0 bridgehead atoms. The van der Waals surface area contributed by atoms with E-state index in [9.17, 15) is 22.8 Å². The van der Waals surface area contributed by atoms with Crippen molar-refractivity contribution in [1.82, 2.24) is 4.98 Å². The first-order valence-corrected chi connectivity index (χ1v) is 8.54. The molecule has 1 aliphatic rings. The van der Waals surface area contributed by atoms with Crippen molar-refractivity contribution in [1.29, 1.82) is 0 Å². The lowest BCUT2D eigenvalue weighted by Gasteiger charge is -2.18. The average molecular weight is 379 g/mol. The predicted octanol–water partition coefficient (Wildman–Crippen LogP) is 4.18. The lowest BCUT2D eigenvalue weighted by Crippen LogP contribution is -2.19. The zero-order valence-corrected chi connectivity index (χ0v) is 15.3. The summed E-state index contributed by atoms with van der Waals surface area (Å²) in [4.78, 5) is 29.2. The molecule has 0 aliphatic heterocycles. The highest BCUT2D eigenvalue weighted by Gasteiger charge is 2.35. The number of rotatable bonds is 3. The molecule has 144 valence electrons. The van der Waals surface area contributed by atoms with Crippen LogP contribution >= 0.6 is 0 Å². The molecule has 0 saturated heterocycles. The van der Waals surface area contributed by atoms with Gasteiger partial charge in [0, 0.05) is 37.5 Å². The summed E-state index contributed by atoms with van der Waals surface area (Å²) in [7, 11) is 3.27. The molecule has 0 saturated carbocycles. The van der Waals surface area contributed by atoms with Gasteiger partial charge >= 0.3 is 6.18 Å². The van der Waals surface area contributed by atoms with Crippen molar-refractivity contribution in [3.8, 4) is 0 Å². The van der Waals surface area contributed by atoms with E-state index in [1.165, 1.54) is 12.1 Å². The number of nitrogens with zero attached hydrogens (tertiary/aromatic N) is 1. The molecule has 1 aromatic heterocycles. The zero-order chi connectivity index (χ0) is 19.9. The number of hydrogen-bond acceptors (Lipinski definition) is 3. The fourth-order valence-corrected chi connectivity index (χ4v) is 3.34. The summed E-state index contributed by atoms with van der Waals surface area (Å²) in [6.07, 6.45) is -2.87. The zero-order valence-electron chi connectivity index (χ0n) is 15.3. The number of anilines is 2. The molecule has 0 radical (unpaired) electrons. The standard InChI is InChI=1S/C19H20F3N3O2/c1-10-16-14(5-4-6-15(16)26)23-17(10)18(27)24-13-8-7-11(25(2)3)9-12(13)19(20,21)22/h7-9,23H,4-6H2,1-3H3,(H,24,27). The highest BCUT2D eigenvalue weighted by molar-refractivity contribution is 6.08. The number of hydrogen-bond donors (Lipinski definition) is 2. The number of amides is 1. The van der Waals surface area contributed by atoms with Gasteiger partial charge in [-0.3, -0.25) is 9.59 Å². The van der Waals surface area contributed by atoms with E-state index in [0.717, 1.165) is 6.07 Å². The first-order chi connectivity index (χ1) is 12.6. The Bertz CT molecular complexity index is 914. The molecule has 0 atom stereocenters. The van der Waals surface area contributed by atoms with Crippen LogP contribution in [0.25, 0.3) is 0 Å². The third-order valence-corrected chi connectivity index (χ3v) is 4.74.